The number of hydrogen-bond donors (Lipinski definition) is 0. The van der Waals surface area contributed by atoms with Gasteiger partial charge in [-0.1, -0.05) is 19.9 Å². The number of hydrogen-bond acceptors (Lipinski definition) is 3. The lowest BCUT2D eigenvalue weighted by Gasteiger charge is -2.28. The minimum Gasteiger partial charge on any atom is -0.303 e. The Morgan fingerprint density at radius 2 is 2.31 bits per heavy atom. The minimum atomic E-state index is -0.222. The third-order valence-electron chi connectivity index (χ3n) is 2.93. The van der Waals surface area contributed by atoms with Crippen molar-refractivity contribution in [1.82, 2.24) is 4.90 Å². The topological polar surface area (TPSA) is 20.3 Å². The van der Waals surface area contributed by atoms with Crippen molar-refractivity contribution in [3.05, 3.63) is 22.4 Å². The molecule has 0 aliphatic heterocycles. The summed E-state index contributed by atoms with van der Waals surface area (Å²) in [7, 11) is 0. The van der Waals surface area contributed by atoms with E-state index in [0.717, 1.165) is 19.4 Å². The molecule has 1 saturated carbocycles. The van der Waals surface area contributed by atoms with Gasteiger partial charge in [0.1, 0.15) is 6.29 Å². The van der Waals surface area contributed by atoms with Gasteiger partial charge in [-0.15, -0.1) is 11.3 Å². The van der Waals surface area contributed by atoms with Crippen molar-refractivity contribution in [3.63, 3.8) is 0 Å². The molecule has 1 fully saturated rings. The highest BCUT2D eigenvalue weighted by atomic mass is 32.1. The maximum Gasteiger partial charge on any atom is 0.126 e. The van der Waals surface area contributed by atoms with Gasteiger partial charge in [-0.2, -0.15) is 0 Å². The lowest BCUT2D eigenvalue weighted by atomic mass is 9.95. The van der Waals surface area contributed by atoms with Crippen molar-refractivity contribution in [1.29, 1.82) is 0 Å². The van der Waals surface area contributed by atoms with Gasteiger partial charge in [0.15, 0.2) is 0 Å². The average Bonchev–Trinajstić information content (AvgIpc) is 2.97. The standard InChI is InChI=1S/C13H19NOS/c1-13(2,10-15)9-14(11-5-6-11)8-12-4-3-7-16-12/h3-4,7,10-11H,5-6,8-9H2,1-2H3. The molecule has 0 radical (unpaired) electrons. The second-order valence-corrected chi connectivity index (χ2v) is 6.35. The Morgan fingerprint density at radius 1 is 1.56 bits per heavy atom. The van der Waals surface area contributed by atoms with Crippen LogP contribution in [0.4, 0.5) is 0 Å². The van der Waals surface area contributed by atoms with Crippen molar-refractivity contribution >= 4 is 17.6 Å². The summed E-state index contributed by atoms with van der Waals surface area (Å²) in [6.07, 6.45) is 3.66. The second kappa shape index (κ2) is 4.68. The van der Waals surface area contributed by atoms with Crippen LogP contribution in [-0.4, -0.2) is 23.8 Å². The van der Waals surface area contributed by atoms with E-state index in [1.54, 1.807) is 11.3 Å². The number of thiophene rings is 1. The molecule has 1 aromatic heterocycles. The van der Waals surface area contributed by atoms with E-state index < -0.39 is 0 Å². The SMILES string of the molecule is CC(C)(C=O)CN(Cc1cccs1)C1CC1. The first kappa shape index (κ1) is 11.8. The molecule has 1 heterocycles. The van der Waals surface area contributed by atoms with Crippen molar-refractivity contribution in [2.24, 2.45) is 5.41 Å². The molecular formula is C13H19NOS. The van der Waals surface area contributed by atoms with E-state index in [9.17, 15) is 4.79 Å². The van der Waals surface area contributed by atoms with Crippen molar-refractivity contribution in [2.45, 2.75) is 39.3 Å². The summed E-state index contributed by atoms with van der Waals surface area (Å²) >= 11 is 1.80. The molecule has 0 N–H and O–H groups in total. The van der Waals surface area contributed by atoms with Crippen LogP contribution in [0.15, 0.2) is 17.5 Å². The van der Waals surface area contributed by atoms with Gasteiger partial charge >= 0.3 is 0 Å². The number of aldehydes is 1. The van der Waals surface area contributed by atoms with Crippen LogP contribution >= 0.6 is 11.3 Å². The first-order valence-electron chi connectivity index (χ1n) is 5.83. The van der Waals surface area contributed by atoms with Gasteiger partial charge in [-0.3, -0.25) is 4.90 Å². The van der Waals surface area contributed by atoms with Crippen LogP contribution in [0.1, 0.15) is 31.6 Å². The summed E-state index contributed by atoms with van der Waals surface area (Å²) in [5.41, 5.74) is -0.222. The van der Waals surface area contributed by atoms with Crippen molar-refractivity contribution < 1.29 is 4.79 Å². The first-order valence-corrected chi connectivity index (χ1v) is 6.71. The van der Waals surface area contributed by atoms with Crippen LogP contribution in [0.5, 0.6) is 0 Å². The van der Waals surface area contributed by atoms with E-state index in [0.29, 0.717) is 6.04 Å². The molecule has 1 aromatic rings. The Kier molecular flexibility index (Phi) is 3.45. The van der Waals surface area contributed by atoms with E-state index in [1.807, 2.05) is 13.8 Å². The maximum absolute atomic E-state index is 11.0. The Labute approximate surface area is 101 Å². The summed E-state index contributed by atoms with van der Waals surface area (Å²) in [6, 6.07) is 4.98. The fraction of sp³-hybridized carbons (Fsp3) is 0.615. The Hall–Kier alpha value is -0.670. The molecule has 16 heavy (non-hydrogen) atoms. The van der Waals surface area contributed by atoms with Crippen molar-refractivity contribution in [2.75, 3.05) is 6.54 Å². The average molecular weight is 237 g/mol. The minimum absolute atomic E-state index is 0.222. The van der Waals surface area contributed by atoms with Crippen LogP contribution in [0.3, 0.4) is 0 Å². The van der Waals surface area contributed by atoms with Gasteiger partial charge in [0, 0.05) is 29.4 Å². The van der Waals surface area contributed by atoms with E-state index >= 15 is 0 Å². The van der Waals surface area contributed by atoms with E-state index in [4.69, 9.17) is 0 Å². The second-order valence-electron chi connectivity index (χ2n) is 5.32. The lowest BCUT2D eigenvalue weighted by molar-refractivity contribution is -0.115. The zero-order chi connectivity index (χ0) is 11.6. The normalized spacial score (nSPS) is 16.7. The Bertz CT molecular complexity index is 341. The zero-order valence-corrected chi connectivity index (χ0v) is 10.8. The molecule has 0 unspecified atom stereocenters. The molecule has 0 bridgehead atoms. The molecular weight excluding hydrogens is 218 g/mol. The quantitative estimate of drug-likeness (QED) is 0.709. The zero-order valence-electron chi connectivity index (χ0n) is 9.98. The number of nitrogens with zero attached hydrogens (tertiary/aromatic N) is 1. The summed E-state index contributed by atoms with van der Waals surface area (Å²) in [5.74, 6) is 0. The third kappa shape index (κ3) is 3.16. The van der Waals surface area contributed by atoms with Gasteiger partial charge in [-0.25, -0.2) is 0 Å². The van der Waals surface area contributed by atoms with Crippen molar-refractivity contribution in [3.8, 4) is 0 Å². The monoisotopic (exact) mass is 237 g/mol. The summed E-state index contributed by atoms with van der Waals surface area (Å²) in [4.78, 5) is 14.8. The predicted molar refractivity (Wildman–Crippen MR) is 67.6 cm³/mol. The van der Waals surface area contributed by atoms with E-state index in [-0.39, 0.29) is 5.41 Å². The van der Waals surface area contributed by atoms with Crippen LogP contribution < -0.4 is 0 Å². The maximum atomic E-state index is 11.0. The summed E-state index contributed by atoms with van der Waals surface area (Å²) < 4.78 is 0. The third-order valence-corrected chi connectivity index (χ3v) is 3.79. The smallest absolute Gasteiger partial charge is 0.126 e. The molecule has 0 aromatic carbocycles. The van der Waals surface area contributed by atoms with Crippen LogP contribution in [0.25, 0.3) is 0 Å². The van der Waals surface area contributed by atoms with Gasteiger partial charge in [0.25, 0.3) is 0 Å². The Morgan fingerprint density at radius 3 is 2.81 bits per heavy atom. The van der Waals surface area contributed by atoms with Crippen LogP contribution in [-0.2, 0) is 11.3 Å². The van der Waals surface area contributed by atoms with Gasteiger partial charge in [0.05, 0.1) is 0 Å². The molecule has 3 heteroatoms. The first-order chi connectivity index (χ1) is 7.61. The fourth-order valence-corrected chi connectivity index (χ4v) is 2.65. The molecule has 1 aliphatic carbocycles. The molecule has 0 atom stereocenters. The molecule has 0 saturated heterocycles. The largest absolute Gasteiger partial charge is 0.303 e. The van der Waals surface area contributed by atoms with E-state index in [2.05, 4.69) is 22.4 Å². The number of rotatable bonds is 6. The Balaban J connectivity index is 1.98. The highest BCUT2D eigenvalue weighted by Crippen LogP contribution is 2.31. The fourth-order valence-electron chi connectivity index (χ4n) is 1.92. The molecule has 2 nitrogen and oxygen atoms in total. The van der Waals surface area contributed by atoms with Gasteiger partial charge < -0.3 is 4.79 Å². The van der Waals surface area contributed by atoms with E-state index in [1.165, 1.54) is 17.7 Å². The highest BCUT2D eigenvalue weighted by Gasteiger charge is 2.32. The lowest BCUT2D eigenvalue weighted by Crippen LogP contribution is -2.36. The number of carbonyl (C=O) groups excluding carboxylic acids is 1. The molecule has 1 aliphatic rings. The number of carbonyl (C=O) groups is 1. The molecule has 2 rings (SSSR count). The highest BCUT2D eigenvalue weighted by molar-refractivity contribution is 7.09. The molecule has 0 amide bonds. The summed E-state index contributed by atoms with van der Waals surface area (Å²) in [5, 5.41) is 2.12. The summed E-state index contributed by atoms with van der Waals surface area (Å²) in [6.45, 7) is 5.91. The van der Waals surface area contributed by atoms with Crippen LogP contribution in [0.2, 0.25) is 0 Å². The molecule has 0 spiro atoms. The molecule has 88 valence electrons. The van der Waals surface area contributed by atoms with Crippen LogP contribution in [0, 0.1) is 5.41 Å². The van der Waals surface area contributed by atoms with Gasteiger partial charge in [0.2, 0.25) is 0 Å². The van der Waals surface area contributed by atoms with Gasteiger partial charge in [-0.05, 0) is 24.3 Å². The predicted octanol–water partition coefficient (Wildman–Crippen LogP) is 2.94.